The Labute approximate surface area is 145 Å². The molecule has 1 aliphatic heterocycles. The highest BCUT2D eigenvalue weighted by Gasteiger charge is 2.52. The van der Waals surface area contributed by atoms with Gasteiger partial charge >= 0.3 is 6.03 Å². The molecule has 0 aliphatic carbocycles. The first-order valence-corrected chi connectivity index (χ1v) is 8.13. The molecule has 3 rings (SSSR count). The van der Waals surface area contributed by atoms with Crippen molar-refractivity contribution in [3.63, 3.8) is 0 Å². The molecule has 0 aromatic carbocycles. The van der Waals surface area contributed by atoms with Gasteiger partial charge in [-0.1, -0.05) is 32.9 Å². The van der Waals surface area contributed by atoms with E-state index in [1.807, 2.05) is 27.7 Å². The molecule has 2 aromatic heterocycles. The zero-order valence-electron chi connectivity index (χ0n) is 15.0. The van der Waals surface area contributed by atoms with E-state index in [9.17, 15) is 9.59 Å². The van der Waals surface area contributed by atoms with Gasteiger partial charge in [0.15, 0.2) is 5.82 Å². The summed E-state index contributed by atoms with van der Waals surface area (Å²) in [6, 6.07) is -0.480. The zero-order chi connectivity index (χ0) is 18.4. The van der Waals surface area contributed by atoms with E-state index in [-0.39, 0.29) is 23.8 Å². The molecule has 0 spiro atoms. The van der Waals surface area contributed by atoms with Crippen molar-refractivity contribution in [2.75, 3.05) is 0 Å². The van der Waals surface area contributed by atoms with Gasteiger partial charge in [0.25, 0.3) is 5.91 Å². The van der Waals surface area contributed by atoms with Gasteiger partial charge in [-0.05, 0) is 6.42 Å². The molecule has 9 nitrogen and oxygen atoms in total. The summed E-state index contributed by atoms with van der Waals surface area (Å²) in [7, 11) is 1.76. The number of rotatable bonds is 4. The lowest BCUT2D eigenvalue weighted by Crippen LogP contribution is -2.43. The minimum absolute atomic E-state index is 0.0598. The van der Waals surface area contributed by atoms with Gasteiger partial charge in [-0.15, -0.1) is 0 Å². The number of carbonyl (C=O) groups is 2. The maximum atomic E-state index is 13.0. The molecular weight excluding hydrogens is 324 g/mol. The molecule has 9 heteroatoms. The first-order valence-electron chi connectivity index (χ1n) is 8.13. The molecule has 1 fully saturated rings. The molecule has 25 heavy (non-hydrogen) atoms. The Morgan fingerprint density at radius 3 is 2.56 bits per heavy atom. The summed E-state index contributed by atoms with van der Waals surface area (Å²) in [5.74, 6) is 0.415. The van der Waals surface area contributed by atoms with E-state index in [2.05, 4.69) is 20.6 Å². The van der Waals surface area contributed by atoms with E-state index >= 15 is 0 Å². The van der Waals surface area contributed by atoms with Crippen LogP contribution in [0.2, 0.25) is 0 Å². The number of imide groups is 1. The van der Waals surface area contributed by atoms with Gasteiger partial charge in [0.1, 0.15) is 12.1 Å². The van der Waals surface area contributed by atoms with Crippen molar-refractivity contribution in [2.45, 2.75) is 51.6 Å². The van der Waals surface area contributed by atoms with Crippen molar-refractivity contribution in [2.24, 2.45) is 7.05 Å². The monoisotopic (exact) mass is 346 g/mol. The number of nitrogens with one attached hydrogen (secondary N) is 1. The molecule has 0 radical (unpaired) electrons. The first kappa shape index (κ1) is 17.1. The van der Waals surface area contributed by atoms with E-state index in [0.29, 0.717) is 17.8 Å². The molecule has 3 amide bonds. The summed E-state index contributed by atoms with van der Waals surface area (Å²) in [5, 5.41) is 10.8. The molecule has 134 valence electrons. The summed E-state index contributed by atoms with van der Waals surface area (Å²) >= 11 is 0. The number of aryl methyl sites for hydroxylation is 1. The van der Waals surface area contributed by atoms with E-state index in [1.54, 1.807) is 24.1 Å². The van der Waals surface area contributed by atoms with Crippen LogP contribution in [0.1, 0.15) is 51.4 Å². The summed E-state index contributed by atoms with van der Waals surface area (Å²) in [6.07, 6.45) is 3.74. The number of hydrogen-bond acceptors (Lipinski definition) is 6. The van der Waals surface area contributed by atoms with Crippen LogP contribution in [0, 0.1) is 0 Å². The maximum Gasteiger partial charge on any atom is 0.325 e. The highest BCUT2D eigenvalue weighted by atomic mass is 16.5. The molecular formula is C16H22N6O3. The summed E-state index contributed by atoms with van der Waals surface area (Å²) in [5.41, 5.74) is -0.737. The number of carbonyl (C=O) groups excluding carboxylic acids is 2. The molecule has 0 unspecified atom stereocenters. The lowest BCUT2D eigenvalue weighted by atomic mass is 9.89. The van der Waals surface area contributed by atoms with Gasteiger partial charge < -0.3 is 9.84 Å². The van der Waals surface area contributed by atoms with Crippen LogP contribution < -0.4 is 5.32 Å². The van der Waals surface area contributed by atoms with E-state index in [4.69, 9.17) is 4.52 Å². The van der Waals surface area contributed by atoms with Crippen molar-refractivity contribution in [3.8, 4) is 0 Å². The summed E-state index contributed by atoms with van der Waals surface area (Å²) < 4.78 is 6.81. The number of nitrogens with zero attached hydrogens (tertiary/aromatic N) is 5. The molecule has 1 atom stereocenters. The normalized spacial score (nSPS) is 21.1. The third kappa shape index (κ3) is 2.79. The van der Waals surface area contributed by atoms with Crippen molar-refractivity contribution in [1.29, 1.82) is 0 Å². The Bertz CT molecular complexity index is 818. The highest BCUT2D eigenvalue weighted by molar-refractivity contribution is 6.07. The standard InChI is InChI=1S/C16H22N6O3/c1-6-16(10-7-17-21(5)8-10)13(23)22(14(24)19-16)9-11-18-12(20-25-11)15(2,3)4/h7-8H,6,9H2,1-5H3,(H,19,24)/t16-/m1/s1. The molecule has 1 saturated heterocycles. The first-order chi connectivity index (χ1) is 11.7. The third-order valence-electron chi connectivity index (χ3n) is 4.34. The van der Waals surface area contributed by atoms with E-state index in [1.165, 1.54) is 0 Å². The minimum atomic E-state index is -1.11. The Balaban J connectivity index is 1.87. The second-order valence-electron chi connectivity index (χ2n) is 7.24. The number of hydrogen-bond donors (Lipinski definition) is 1. The Hall–Kier alpha value is -2.71. The van der Waals surface area contributed by atoms with Crippen molar-refractivity contribution < 1.29 is 14.1 Å². The van der Waals surface area contributed by atoms with E-state index in [0.717, 1.165) is 4.90 Å². The van der Waals surface area contributed by atoms with Gasteiger partial charge in [-0.25, -0.2) is 4.79 Å². The van der Waals surface area contributed by atoms with Gasteiger partial charge in [0, 0.05) is 24.2 Å². The van der Waals surface area contributed by atoms with Crippen molar-refractivity contribution >= 4 is 11.9 Å². The Kier molecular flexibility index (Phi) is 3.89. The summed E-state index contributed by atoms with van der Waals surface area (Å²) in [6.45, 7) is 7.66. The molecule has 0 bridgehead atoms. The van der Waals surface area contributed by atoms with Crippen LogP contribution >= 0.6 is 0 Å². The summed E-state index contributed by atoms with van der Waals surface area (Å²) in [4.78, 5) is 30.8. The van der Waals surface area contributed by atoms with Gasteiger partial charge in [-0.3, -0.25) is 14.4 Å². The van der Waals surface area contributed by atoms with Crippen LogP contribution in [-0.4, -0.2) is 36.8 Å². The average Bonchev–Trinajstić information content (AvgIpc) is 3.22. The molecule has 3 heterocycles. The molecule has 1 N–H and O–H groups in total. The molecule has 1 aliphatic rings. The van der Waals surface area contributed by atoms with Gasteiger partial charge in [-0.2, -0.15) is 10.1 Å². The molecule has 0 saturated carbocycles. The maximum absolute atomic E-state index is 13.0. The quantitative estimate of drug-likeness (QED) is 0.840. The number of urea groups is 1. The van der Waals surface area contributed by atoms with E-state index < -0.39 is 11.6 Å². The lowest BCUT2D eigenvalue weighted by molar-refractivity contribution is -0.132. The van der Waals surface area contributed by atoms with Crippen LogP contribution in [0.5, 0.6) is 0 Å². The SMILES string of the molecule is CC[C@]1(c2cnn(C)c2)NC(=O)N(Cc2nc(C(C)(C)C)no2)C1=O. The smallest absolute Gasteiger partial charge is 0.325 e. The largest absolute Gasteiger partial charge is 0.337 e. The predicted molar refractivity (Wildman–Crippen MR) is 87.3 cm³/mol. The minimum Gasteiger partial charge on any atom is -0.337 e. The second-order valence-corrected chi connectivity index (χ2v) is 7.24. The zero-order valence-corrected chi connectivity index (χ0v) is 15.0. The fraction of sp³-hybridized carbons (Fsp3) is 0.562. The fourth-order valence-corrected chi connectivity index (χ4v) is 2.81. The molecule has 2 aromatic rings. The van der Waals surface area contributed by atoms with Gasteiger partial charge in [0.05, 0.1) is 6.20 Å². The highest BCUT2D eigenvalue weighted by Crippen LogP contribution is 2.33. The van der Waals surface area contributed by atoms with Gasteiger partial charge in [0.2, 0.25) is 5.89 Å². The Morgan fingerprint density at radius 1 is 1.32 bits per heavy atom. The van der Waals surface area contributed by atoms with Crippen molar-refractivity contribution in [1.82, 2.24) is 30.1 Å². The van der Waals surface area contributed by atoms with Crippen LogP contribution in [0.25, 0.3) is 0 Å². The van der Waals surface area contributed by atoms with Crippen LogP contribution in [0.15, 0.2) is 16.9 Å². The van der Waals surface area contributed by atoms with Crippen LogP contribution in [0.4, 0.5) is 4.79 Å². The van der Waals surface area contributed by atoms with Crippen LogP contribution in [-0.2, 0) is 29.3 Å². The number of amides is 3. The fourth-order valence-electron chi connectivity index (χ4n) is 2.81. The van der Waals surface area contributed by atoms with Crippen LogP contribution in [0.3, 0.4) is 0 Å². The topological polar surface area (TPSA) is 106 Å². The average molecular weight is 346 g/mol. The number of aromatic nitrogens is 4. The lowest BCUT2D eigenvalue weighted by Gasteiger charge is -2.23. The predicted octanol–water partition coefficient (Wildman–Crippen LogP) is 1.46. The van der Waals surface area contributed by atoms with Crippen molar-refractivity contribution in [3.05, 3.63) is 29.7 Å². The third-order valence-corrected chi connectivity index (χ3v) is 4.34. The second kappa shape index (κ2) is 5.68. The Morgan fingerprint density at radius 2 is 2.04 bits per heavy atom.